The molecule has 122 valence electrons. The van der Waals surface area contributed by atoms with E-state index < -0.39 is 5.60 Å². The number of nitrogens with zero attached hydrogens (tertiary/aromatic N) is 1. The third-order valence-corrected chi connectivity index (χ3v) is 4.26. The summed E-state index contributed by atoms with van der Waals surface area (Å²) in [7, 11) is 5.69. The summed E-state index contributed by atoms with van der Waals surface area (Å²) in [4.78, 5) is 14.8. The number of ether oxygens (including phenoxy) is 1. The van der Waals surface area contributed by atoms with Gasteiger partial charge in [0.05, 0.1) is 0 Å². The highest BCUT2D eigenvalue weighted by Gasteiger charge is 2.39. The maximum absolute atomic E-state index is 12.7. The Hall–Kier alpha value is -1.43. The average molecular weight is 305 g/mol. The lowest BCUT2D eigenvalue weighted by atomic mass is 9.91. The number of piperidine rings is 1. The summed E-state index contributed by atoms with van der Waals surface area (Å²) in [5.74, 6) is -0.0402. The summed E-state index contributed by atoms with van der Waals surface area (Å²) >= 11 is 0. The molecule has 5 heteroatoms. The van der Waals surface area contributed by atoms with Crippen LogP contribution in [0.15, 0.2) is 18.2 Å². The van der Waals surface area contributed by atoms with E-state index in [-0.39, 0.29) is 5.91 Å². The molecule has 1 heterocycles. The number of aryl methyl sites for hydroxylation is 1. The van der Waals surface area contributed by atoms with Gasteiger partial charge in [-0.05, 0) is 64.1 Å². The van der Waals surface area contributed by atoms with Crippen molar-refractivity contribution in [1.82, 2.24) is 10.2 Å². The minimum absolute atomic E-state index is 0.0402. The van der Waals surface area contributed by atoms with Gasteiger partial charge < -0.3 is 20.3 Å². The second-order valence-electron chi connectivity index (χ2n) is 6.29. The van der Waals surface area contributed by atoms with Crippen molar-refractivity contribution in [2.24, 2.45) is 0 Å². The quantitative estimate of drug-likeness (QED) is 0.870. The van der Waals surface area contributed by atoms with E-state index in [9.17, 15) is 4.79 Å². The van der Waals surface area contributed by atoms with E-state index in [4.69, 9.17) is 4.74 Å². The highest BCUT2D eigenvalue weighted by Crippen LogP contribution is 2.26. The summed E-state index contributed by atoms with van der Waals surface area (Å²) in [5.41, 5.74) is 2.41. The number of methoxy groups -OCH3 is 1. The lowest BCUT2D eigenvalue weighted by Crippen LogP contribution is -2.51. The van der Waals surface area contributed by atoms with Crippen LogP contribution in [-0.2, 0) is 16.1 Å². The van der Waals surface area contributed by atoms with Crippen LogP contribution in [0.3, 0.4) is 0 Å². The summed E-state index contributed by atoms with van der Waals surface area (Å²) < 4.78 is 5.59. The SMILES string of the molecule is COC1(C(=O)Nc2cc(CN(C)C)ccc2C)CCNCC1. The Balaban J connectivity index is 2.16. The molecule has 1 aromatic rings. The number of rotatable bonds is 5. The molecule has 0 unspecified atom stereocenters. The standard InChI is InChI=1S/C17H27N3O2/c1-13-5-6-14(12-20(2)3)11-15(13)19-16(21)17(22-4)7-9-18-10-8-17/h5-6,11,18H,7-10,12H2,1-4H3,(H,19,21). The van der Waals surface area contributed by atoms with Gasteiger partial charge in [-0.15, -0.1) is 0 Å². The maximum atomic E-state index is 12.7. The van der Waals surface area contributed by atoms with Gasteiger partial charge in [0.1, 0.15) is 5.60 Å². The van der Waals surface area contributed by atoms with E-state index in [0.717, 1.165) is 30.9 Å². The third kappa shape index (κ3) is 3.85. The second kappa shape index (κ2) is 7.22. The molecule has 1 aliphatic heterocycles. The van der Waals surface area contributed by atoms with Crippen molar-refractivity contribution >= 4 is 11.6 Å². The van der Waals surface area contributed by atoms with Gasteiger partial charge in [0.25, 0.3) is 5.91 Å². The minimum atomic E-state index is -0.713. The van der Waals surface area contributed by atoms with Crippen LogP contribution in [0.2, 0.25) is 0 Å². The number of benzene rings is 1. The normalized spacial score (nSPS) is 17.5. The Morgan fingerprint density at radius 3 is 2.64 bits per heavy atom. The number of amides is 1. The van der Waals surface area contributed by atoms with Crippen molar-refractivity contribution in [3.05, 3.63) is 29.3 Å². The summed E-state index contributed by atoms with van der Waals surface area (Å²) in [6, 6.07) is 6.20. The van der Waals surface area contributed by atoms with Crippen molar-refractivity contribution in [1.29, 1.82) is 0 Å². The first-order valence-corrected chi connectivity index (χ1v) is 7.78. The first-order chi connectivity index (χ1) is 10.5. The van der Waals surface area contributed by atoms with E-state index in [1.165, 1.54) is 5.56 Å². The van der Waals surface area contributed by atoms with Crippen molar-refractivity contribution in [2.75, 3.05) is 39.6 Å². The number of hydrogen-bond acceptors (Lipinski definition) is 4. The third-order valence-electron chi connectivity index (χ3n) is 4.26. The monoisotopic (exact) mass is 305 g/mol. The van der Waals surface area contributed by atoms with E-state index in [1.807, 2.05) is 21.0 Å². The molecule has 1 saturated heterocycles. The Kier molecular flexibility index (Phi) is 5.56. The number of carbonyl (C=O) groups is 1. The molecule has 0 bridgehead atoms. The fourth-order valence-corrected chi connectivity index (χ4v) is 2.86. The van der Waals surface area contributed by atoms with Gasteiger partial charge in [-0.25, -0.2) is 0 Å². The minimum Gasteiger partial charge on any atom is -0.368 e. The highest BCUT2D eigenvalue weighted by molar-refractivity contribution is 5.98. The topological polar surface area (TPSA) is 53.6 Å². The Morgan fingerprint density at radius 1 is 1.36 bits per heavy atom. The van der Waals surface area contributed by atoms with Gasteiger partial charge in [-0.3, -0.25) is 4.79 Å². The maximum Gasteiger partial charge on any atom is 0.256 e. The van der Waals surface area contributed by atoms with Gasteiger partial charge in [-0.2, -0.15) is 0 Å². The Morgan fingerprint density at radius 2 is 2.05 bits per heavy atom. The molecule has 2 N–H and O–H groups in total. The number of carbonyl (C=O) groups excluding carboxylic acids is 1. The average Bonchev–Trinajstić information content (AvgIpc) is 2.50. The molecule has 0 saturated carbocycles. The molecule has 1 aromatic carbocycles. The van der Waals surface area contributed by atoms with Crippen molar-refractivity contribution in [2.45, 2.75) is 31.9 Å². The molecule has 0 atom stereocenters. The van der Waals surface area contributed by atoms with Gasteiger partial charge >= 0.3 is 0 Å². The predicted molar refractivity (Wildman–Crippen MR) is 89.0 cm³/mol. The number of anilines is 1. The smallest absolute Gasteiger partial charge is 0.256 e. The molecule has 0 aromatic heterocycles. The van der Waals surface area contributed by atoms with E-state index >= 15 is 0 Å². The summed E-state index contributed by atoms with van der Waals surface area (Å²) in [6.45, 7) is 4.47. The largest absolute Gasteiger partial charge is 0.368 e. The Bertz CT molecular complexity index is 523. The fraction of sp³-hybridized carbons (Fsp3) is 0.588. The molecular weight excluding hydrogens is 278 g/mol. The van der Waals surface area contributed by atoms with Crippen LogP contribution < -0.4 is 10.6 Å². The van der Waals surface area contributed by atoms with Crippen LogP contribution in [0.5, 0.6) is 0 Å². The molecule has 0 spiro atoms. The first-order valence-electron chi connectivity index (χ1n) is 7.78. The molecular formula is C17H27N3O2. The van der Waals surface area contributed by atoms with Crippen LogP contribution in [0, 0.1) is 6.92 Å². The lowest BCUT2D eigenvalue weighted by Gasteiger charge is -2.35. The van der Waals surface area contributed by atoms with Gasteiger partial charge in [-0.1, -0.05) is 12.1 Å². The van der Waals surface area contributed by atoms with Crippen LogP contribution in [0.4, 0.5) is 5.69 Å². The highest BCUT2D eigenvalue weighted by atomic mass is 16.5. The van der Waals surface area contributed by atoms with Crippen LogP contribution in [-0.4, -0.2) is 50.7 Å². The number of nitrogens with one attached hydrogen (secondary N) is 2. The zero-order valence-corrected chi connectivity index (χ0v) is 14.0. The van der Waals surface area contributed by atoms with Crippen molar-refractivity contribution < 1.29 is 9.53 Å². The second-order valence-corrected chi connectivity index (χ2v) is 6.29. The van der Waals surface area contributed by atoms with Crippen LogP contribution >= 0.6 is 0 Å². The first kappa shape index (κ1) is 16.9. The molecule has 1 amide bonds. The zero-order valence-electron chi connectivity index (χ0n) is 14.0. The van der Waals surface area contributed by atoms with Crippen molar-refractivity contribution in [3.8, 4) is 0 Å². The van der Waals surface area contributed by atoms with Gasteiger partial charge in [0, 0.05) is 19.3 Å². The van der Waals surface area contributed by atoms with Gasteiger partial charge in [0.2, 0.25) is 0 Å². The molecule has 22 heavy (non-hydrogen) atoms. The van der Waals surface area contributed by atoms with E-state index in [1.54, 1.807) is 7.11 Å². The molecule has 0 aliphatic carbocycles. The number of hydrogen-bond donors (Lipinski definition) is 2. The molecule has 5 nitrogen and oxygen atoms in total. The van der Waals surface area contributed by atoms with E-state index in [2.05, 4.69) is 33.7 Å². The molecule has 1 fully saturated rings. The molecule has 2 rings (SSSR count). The van der Waals surface area contributed by atoms with Crippen molar-refractivity contribution in [3.63, 3.8) is 0 Å². The summed E-state index contributed by atoms with van der Waals surface area (Å²) in [5, 5.41) is 6.34. The fourth-order valence-electron chi connectivity index (χ4n) is 2.86. The molecule has 0 radical (unpaired) electrons. The Labute approximate surface area is 133 Å². The van der Waals surface area contributed by atoms with Crippen LogP contribution in [0.25, 0.3) is 0 Å². The molecule has 1 aliphatic rings. The van der Waals surface area contributed by atoms with Crippen LogP contribution in [0.1, 0.15) is 24.0 Å². The van der Waals surface area contributed by atoms with Gasteiger partial charge in [0.15, 0.2) is 0 Å². The predicted octanol–water partition coefficient (Wildman–Crippen LogP) is 1.76. The zero-order chi connectivity index (χ0) is 16.2. The summed E-state index contributed by atoms with van der Waals surface area (Å²) in [6.07, 6.45) is 1.40. The van der Waals surface area contributed by atoms with E-state index in [0.29, 0.717) is 12.8 Å². The lowest BCUT2D eigenvalue weighted by molar-refractivity contribution is -0.140.